The molecule has 3 nitrogen and oxygen atoms in total. The van der Waals surface area contributed by atoms with Crippen LogP contribution in [0.3, 0.4) is 0 Å². The van der Waals surface area contributed by atoms with Crippen molar-refractivity contribution < 1.29 is 14.3 Å². The minimum absolute atomic E-state index is 0.369. The number of halogens is 1. The van der Waals surface area contributed by atoms with Crippen molar-refractivity contribution in [3.05, 3.63) is 57.2 Å². The standard InChI is InChI=1S/C15H13IO3/c1-10-4-3-5-12(8-10)19-15(17)11-6-7-14(18-2)13(16)9-11/h3-9H,1-2H3. The first kappa shape index (κ1) is 13.9. The molecule has 0 heterocycles. The minimum Gasteiger partial charge on any atom is -0.496 e. The van der Waals surface area contributed by atoms with Gasteiger partial charge in [-0.05, 0) is 65.4 Å². The third-order valence-electron chi connectivity index (χ3n) is 2.59. The summed E-state index contributed by atoms with van der Waals surface area (Å²) in [6, 6.07) is 12.6. The zero-order valence-electron chi connectivity index (χ0n) is 10.6. The number of rotatable bonds is 3. The second kappa shape index (κ2) is 6.06. The van der Waals surface area contributed by atoms with Crippen molar-refractivity contribution in [2.45, 2.75) is 6.92 Å². The monoisotopic (exact) mass is 368 g/mol. The van der Waals surface area contributed by atoms with Crippen molar-refractivity contribution in [1.82, 2.24) is 0 Å². The predicted molar refractivity (Wildman–Crippen MR) is 81.8 cm³/mol. The first-order valence-electron chi connectivity index (χ1n) is 5.72. The molecule has 0 radical (unpaired) electrons. The van der Waals surface area contributed by atoms with Gasteiger partial charge in [0.2, 0.25) is 0 Å². The Labute approximate surface area is 125 Å². The Morgan fingerprint density at radius 3 is 2.58 bits per heavy atom. The summed E-state index contributed by atoms with van der Waals surface area (Å²) in [6.45, 7) is 1.95. The van der Waals surface area contributed by atoms with Crippen molar-refractivity contribution in [3.63, 3.8) is 0 Å². The number of benzene rings is 2. The van der Waals surface area contributed by atoms with E-state index in [4.69, 9.17) is 9.47 Å². The maximum Gasteiger partial charge on any atom is 0.343 e. The van der Waals surface area contributed by atoms with E-state index in [1.165, 1.54) is 0 Å². The van der Waals surface area contributed by atoms with Crippen LogP contribution in [0.5, 0.6) is 11.5 Å². The maximum absolute atomic E-state index is 12.0. The molecule has 2 aromatic carbocycles. The van der Waals surface area contributed by atoms with Gasteiger partial charge in [0.15, 0.2) is 0 Å². The first-order chi connectivity index (χ1) is 9.10. The van der Waals surface area contributed by atoms with Gasteiger partial charge in [-0.25, -0.2) is 4.79 Å². The van der Waals surface area contributed by atoms with Gasteiger partial charge in [0.05, 0.1) is 16.2 Å². The Kier molecular flexibility index (Phi) is 4.42. The molecule has 0 aromatic heterocycles. The second-order valence-corrected chi connectivity index (χ2v) is 5.22. The van der Waals surface area contributed by atoms with Crippen LogP contribution in [-0.2, 0) is 0 Å². The minimum atomic E-state index is -0.369. The molecule has 0 saturated heterocycles. The van der Waals surface area contributed by atoms with E-state index in [0.717, 1.165) is 14.9 Å². The van der Waals surface area contributed by atoms with Crippen LogP contribution in [0.15, 0.2) is 42.5 Å². The lowest BCUT2D eigenvalue weighted by Crippen LogP contribution is -2.09. The quantitative estimate of drug-likeness (QED) is 0.469. The summed E-state index contributed by atoms with van der Waals surface area (Å²) in [5.41, 5.74) is 1.56. The van der Waals surface area contributed by atoms with E-state index in [9.17, 15) is 4.79 Å². The highest BCUT2D eigenvalue weighted by molar-refractivity contribution is 14.1. The van der Waals surface area contributed by atoms with Gasteiger partial charge >= 0.3 is 5.97 Å². The van der Waals surface area contributed by atoms with E-state index in [-0.39, 0.29) is 5.97 Å². The van der Waals surface area contributed by atoms with Crippen LogP contribution in [0.1, 0.15) is 15.9 Å². The van der Waals surface area contributed by atoms with Gasteiger partial charge in [0, 0.05) is 0 Å². The fourth-order valence-electron chi connectivity index (χ4n) is 1.64. The summed E-state index contributed by atoms with van der Waals surface area (Å²) in [6.07, 6.45) is 0. The normalized spacial score (nSPS) is 10.1. The van der Waals surface area contributed by atoms with Crippen molar-refractivity contribution in [3.8, 4) is 11.5 Å². The third kappa shape index (κ3) is 3.47. The van der Waals surface area contributed by atoms with Crippen LogP contribution in [0, 0.1) is 10.5 Å². The third-order valence-corrected chi connectivity index (χ3v) is 3.43. The van der Waals surface area contributed by atoms with Crippen LogP contribution in [0.25, 0.3) is 0 Å². The molecule has 98 valence electrons. The molecule has 2 aromatic rings. The molecular weight excluding hydrogens is 355 g/mol. The van der Waals surface area contributed by atoms with Crippen LogP contribution >= 0.6 is 22.6 Å². The molecule has 0 aliphatic heterocycles. The highest BCUT2D eigenvalue weighted by atomic mass is 127. The van der Waals surface area contributed by atoms with Gasteiger partial charge in [0.25, 0.3) is 0 Å². The smallest absolute Gasteiger partial charge is 0.343 e. The number of carbonyl (C=O) groups is 1. The van der Waals surface area contributed by atoms with E-state index in [1.807, 2.05) is 25.1 Å². The molecule has 0 saturated carbocycles. The Morgan fingerprint density at radius 2 is 1.95 bits per heavy atom. The second-order valence-electron chi connectivity index (χ2n) is 4.06. The molecule has 0 aliphatic carbocycles. The van der Waals surface area contributed by atoms with Crippen molar-refractivity contribution in [2.24, 2.45) is 0 Å². The van der Waals surface area contributed by atoms with E-state index in [1.54, 1.807) is 31.4 Å². The summed E-state index contributed by atoms with van der Waals surface area (Å²) >= 11 is 2.12. The first-order valence-corrected chi connectivity index (χ1v) is 6.80. The Hall–Kier alpha value is -1.56. The largest absolute Gasteiger partial charge is 0.496 e. The molecule has 0 spiro atoms. The molecule has 19 heavy (non-hydrogen) atoms. The Bertz CT molecular complexity index is 608. The van der Waals surface area contributed by atoms with E-state index in [2.05, 4.69) is 22.6 Å². The van der Waals surface area contributed by atoms with Crippen molar-refractivity contribution >= 4 is 28.6 Å². The van der Waals surface area contributed by atoms with Gasteiger partial charge in [0.1, 0.15) is 11.5 Å². The molecule has 2 rings (SSSR count). The number of hydrogen-bond donors (Lipinski definition) is 0. The van der Waals surface area contributed by atoms with Gasteiger partial charge in [-0.1, -0.05) is 12.1 Å². The van der Waals surface area contributed by atoms with E-state index in [0.29, 0.717) is 11.3 Å². The summed E-state index contributed by atoms with van der Waals surface area (Å²) in [5.74, 6) is 0.926. The average molecular weight is 368 g/mol. The van der Waals surface area contributed by atoms with Gasteiger partial charge in [-0.2, -0.15) is 0 Å². The van der Waals surface area contributed by atoms with Gasteiger partial charge < -0.3 is 9.47 Å². The lowest BCUT2D eigenvalue weighted by atomic mass is 10.2. The summed E-state index contributed by atoms with van der Waals surface area (Å²) in [4.78, 5) is 12.0. The van der Waals surface area contributed by atoms with Gasteiger partial charge in [-0.3, -0.25) is 0 Å². The molecular formula is C15H13IO3. The topological polar surface area (TPSA) is 35.5 Å². The number of carbonyl (C=O) groups excluding carboxylic acids is 1. The number of hydrogen-bond acceptors (Lipinski definition) is 3. The number of methoxy groups -OCH3 is 1. The number of aryl methyl sites for hydroxylation is 1. The van der Waals surface area contributed by atoms with E-state index >= 15 is 0 Å². The molecule has 4 heteroatoms. The molecule has 0 fully saturated rings. The highest BCUT2D eigenvalue weighted by Gasteiger charge is 2.11. The van der Waals surface area contributed by atoms with E-state index < -0.39 is 0 Å². The Morgan fingerprint density at radius 1 is 1.16 bits per heavy atom. The maximum atomic E-state index is 12.0. The Balaban J connectivity index is 2.18. The highest BCUT2D eigenvalue weighted by Crippen LogP contribution is 2.22. The zero-order chi connectivity index (χ0) is 13.8. The SMILES string of the molecule is COc1ccc(C(=O)Oc2cccc(C)c2)cc1I. The fraction of sp³-hybridized carbons (Fsp3) is 0.133. The lowest BCUT2D eigenvalue weighted by Gasteiger charge is -2.07. The molecule has 0 bridgehead atoms. The molecule has 0 N–H and O–H groups in total. The fourth-order valence-corrected chi connectivity index (χ4v) is 2.37. The number of ether oxygens (including phenoxy) is 2. The zero-order valence-corrected chi connectivity index (χ0v) is 12.8. The lowest BCUT2D eigenvalue weighted by molar-refractivity contribution is 0.0734. The molecule has 0 amide bonds. The summed E-state index contributed by atoms with van der Waals surface area (Å²) in [7, 11) is 1.60. The summed E-state index contributed by atoms with van der Waals surface area (Å²) in [5, 5.41) is 0. The van der Waals surface area contributed by atoms with Crippen LogP contribution < -0.4 is 9.47 Å². The van der Waals surface area contributed by atoms with Gasteiger partial charge in [-0.15, -0.1) is 0 Å². The molecule has 0 aliphatic rings. The molecule has 0 unspecified atom stereocenters. The number of esters is 1. The average Bonchev–Trinajstić information content (AvgIpc) is 2.38. The summed E-state index contributed by atoms with van der Waals surface area (Å²) < 4.78 is 11.4. The predicted octanol–water partition coefficient (Wildman–Crippen LogP) is 3.83. The van der Waals surface area contributed by atoms with Crippen LogP contribution in [0.2, 0.25) is 0 Å². The van der Waals surface area contributed by atoms with Crippen LogP contribution in [-0.4, -0.2) is 13.1 Å². The van der Waals surface area contributed by atoms with Crippen molar-refractivity contribution in [1.29, 1.82) is 0 Å². The van der Waals surface area contributed by atoms with Crippen LogP contribution in [0.4, 0.5) is 0 Å². The molecule has 0 atom stereocenters. The van der Waals surface area contributed by atoms with Crippen molar-refractivity contribution in [2.75, 3.05) is 7.11 Å².